The Morgan fingerprint density at radius 3 is 2.62 bits per heavy atom. The van der Waals surface area contributed by atoms with Crippen LogP contribution in [0, 0.1) is 5.82 Å². The van der Waals surface area contributed by atoms with Gasteiger partial charge in [0.15, 0.2) is 0 Å². The lowest BCUT2D eigenvalue weighted by molar-refractivity contribution is -0.119. The molecule has 0 spiro atoms. The summed E-state index contributed by atoms with van der Waals surface area (Å²) in [6, 6.07) is 11.0. The first-order chi connectivity index (χ1) is 13.7. The van der Waals surface area contributed by atoms with Gasteiger partial charge in [-0.15, -0.1) is 0 Å². The molecule has 2 rings (SSSR count). The molecule has 158 valence electrons. The number of rotatable bonds is 10. The average Bonchev–Trinajstić information content (AvgIpc) is 2.66. The number of carbonyl (C=O) groups excluding carboxylic acids is 1. The lowest BCUT2D eigenvalue weighted by atomic mass is 10.2. The summed E-state index contributed by atoms with van der Waals surface area (Å²) in [5.41, 5.74) is 0.867. The Balaban J connectivity index is 1.89. The summed E-state index contributed by atoms with van der Waals surface area (Å²) in [6.07, 6.45) is 1.02. The van der Waals surface area contributed by atoms with Gasteiger partial charge in [-0.1, -0.05) is 29.8 Å². The van der Waals surface area contributed by atoms with Gasteiger partial charge in [0, 0.05) is 18.1 Å². The summed E-state index contributed by atoms with van der Waals surface area (Å²) in [5, 5.41) is 2.92. The van der Waals surface area contributed by atoms with E-state index < -0.39 is 15.9 Å². The number of carbonyl (C=O) groups is 1. The summed E-state index contributed by atoms with van der Waals surface area (Å²) in [4.78, 5) is 12.2. The standard InChI is InChI=1S/C19H22ClFN2O4S2/c1-27-18-8-7-15(11-16(18)20)23(29(2,25)26)12-19(24)22-9-10-28-13-14-5-3-4-6-17(14)21/h3-8,11H,9-10,12-13H2,1-2H3,(H,22,24). The third kappa shape index (κ3) is 7.09. The molecule has 0 atom stereocenters. The predicted molar refractivity (Wildman–Crippen MR) is 116 cm³/mol. The molecule has 0 radical (unpaired) electrons. The summed E-state index contributed by atoms with van der Waals surface area (Å²) >= 11 is 7.54. The highest BCUT2D eigenvalue weighted by atomic mass is 35.5. The second-order valence-electron chi connectivity index (χ2n) is 6.08. The van der Waals surface area contributed by atoms with E-state index in [1.54, 1.807) is 18.2 Å². The Morgan fingerprint density at radius 2 is 2.00 bits per heavy atom. The molecule has 1 amide bonds. The van der Waals surface area contributed by atoms with Crippen LogP contribution in [0.25, 0.3) is 0 Å². The van der Waals surface area contributed by atoms with Gasteiger partial charge < -0.3 is 10.1 Å². The van der Waals surface area contributed by atoms with Crippen LogP contribution in [0.15, 0.2) is 42.5 Å². The van der Waals surface area contributed by atoms with Crippen molar-refractivity contribution in [1.82, 2.24) is 5.32 Å². The van der Waals surface area contributed by atoms with Gasteiger partial charge in [0.05, 0.1) is 24.1 Å². The highest BCUT2D eigenvalue weighted by Gasteiger charge is 2.21. The number of ether oxygens (including phenoxy) is 1. The molecular weight excluding hydrogens is 439 g/mol. The van der Waals surface area contributed by atoms with E-state index in [-0.39, 0.29) is 23.1 Å². The van der Waals surface area contributed by atoms with Gasteiger partial charge in [-0.05, 0) is 29.8 Å². The molecule has 0 unspecified atom stereocenters. The number of benzene rings is 2. The molecule has 2 aromatic rings. The molecule has 0 aromatic heterocycles. The van der Waals surface area contributed by atoms with Crippen molar-refractivity contribution >= 4 is 45.0 Å². The molecular formula is C19H22ClFN2O4S2. The second-order valence-corrected chi connectivity index (χ2v) is 9.50. The second kappa shape index (κ2) is 10.7. The first-order valence-corrected chi connectivity index (χ1v) is 12.0. The number of sulfonamides is 1. The van der Waals surface area contributed by atoms with Crippen LogP contribution < -0.4 is 14.4 Å². The van der Waals surface area contributed by atoms with Crippen LogP contribution in [0.5, 0.6) is 5.75 Å². The maximum atomic E-state index is 13.6. The third-order valence-corrected chi connectivity index (χ3v) is 6.34. The van der Waals surface area contributed by atoms with Gasteiger partial charge in [0.1, 0.15) is 18.1 Å². The van der Waals surface area contributed by atoms with Crippen molar-refractivity contribution in [1.29, 1.82) is 0 Å². The summed E-state index contributed by atoms with van der Waals surface area (Å²) in [7, 11) is -2.25. The van der Waals surface area contributed by atoms with Gasteiger partial charge in [-0.25, -0.2) is 12.8 Å². The fourth-order valence-corrected chi connectivity index (χ4v) is 4.40. The van der Waals surface area contributed by atoms with E-state index in [1.807, 2.05) is 0 Å². The zero-order valence-electron chi connectivity index (χ0n) is 16.0. The topological polar surface area (TPSA) is 75.7 Å². The minimum absolute atomic E-state index is 0.239. The van der Waals surface area contributed by atoms with Gasteiger partial charge in [0.25, 0.3) is 0 Å². The van der Waals surface area contributed by atoms with E-state index >= 15 is 0 Å². The fraction of sp³-hybridized carbons (Fsp3) is 0.316. The minimum atomic E-state index is -3.70. The van der Waals surface area contributed by atoms with E-state index in [0.29, 0.717) is 29.4 Å². The molecule has 2 aromatic carbocycles. The van der Waals surface area contributed by atoms with E-state index in [1.165, 1.54) is 43.1 Å². The van der Waals surface area contributed by atoms with Crippen LogP contribution in [-0.2, 0) is 20.6 Å². The number of anilines is 1. The van der Waals surface area contributed by atoms with Crippen molar-refractivity contribution in [2.24, 2.45) is 0 Å². The minimum Gasteiger partial charge on any atom is -0.495 e. The SMILES string of the molecule is COc1ccc(N(CC(=O)NCCSCc2ccccc2F)S(C)(=O)=O)cc1Cl. The lowest BCUT2D eigenvalue weighted by Crippen LogP contribution is -2.41. The summed E-state index contributed by atoms with van der Waals surface area (Å²) in [6.45, 7) is -0.0433. The Bertz CT molecular complexity index is 957. The van der Waals surface area contributed by atoms with Gasteiger partial charge in [-0.3, -0.25) is 9.10 Å². The Hall–Kier alpha value is -1.97. The molecule has 0 aliphatic rings. The van der Waals surface area contributed by atoms with Crippen molar-refractivity contribution in [3.63, 3.8) is 0 Å². The smallest absolute Gasteiger partial charge is 0.240 e. The number of halogens is 2. The van der Waals surface area contributed by atoms with Gasteiger partial charge in [0.2, 0.25) is 15.9 Å². The summed E-state index contributed by atoms with van der Waals surface area (Å²) in [5.74, 6) is 0.746. The van der Waals surface area contributed by atoms with Crippen LogP contribution in [0.1, 0.15) is 5.56 Å². The quantitative estimate of drug-likeness (QED) is 0.550. The van der Waals surface area contributed by atoms with E-state index in [4.69, 9.17) is 16.3 Å². The van der Waals surface area contributed by atoms with Crippen molar-refractivity contribution in [2.75, 3.05) is 36.5 Å². The normalized spacial score (nSPS) is 11.2. The van der Waals surface area contributed by atoms with Crippen molar-refractivity contribution in [3.05, 3.63) is 58.9 Å². The predicted octanol–water partition coefficient (Wildman–Crippen LogP) is 3.30. The third-order valence-electron chi connectivity index (χ3n) is 3.89. The van der Waals surface area contributed by atoms with E-state index in [0.717, 1.165) is 10.6 Å². The molecule has 0 aliphatic carbocycles. The fourth-order valence-electron chi connectivity index (χ4n) is 2.46. The molecule has 0 saturated carbocycles. The van der Waals surface area contributed by atoms with Crippen LogP contribution >= 0.6 is 23.4 Å². The average molecular weight is 461 g/mol. The highest BCUT2D eigenvalue weighted by molar-refractivity contribution is 7.98. The van der Waals surface area contributed by atoms with Crippen molar-refractivity contribution in [2.45, 2.75) is 5.75 Å². The Labute approximate surface area is 179 Å². The molecule has 0 heterocycles. The van der Waals surface area contributed by atoms with Crippen LogP contribution in [0.4, 0.5) is 10.1 Å². The van der Waals surface area contributed by atoms with Crippen molar-refractivity contribution < 1.29 is 22.3 Å². The van der Waals surface area contributed by atoms with E-state index in [9.17, 15) is 17.6 Å². The Kier molecular flexibility index (Phi) is 8.60. The lowest BCUT2D eigenvalue weighted by Gasteiger charge is -2.22. The molecule has 1 N–H and O–H groups in total. The number of methoxy groups -OCH3 is 1. The number of hydrogen-bond acceptors (Lipinski definition) is 5. The molecule has 0 fully saturated rings. The monoisotopic (exact) mass is 460 g/mol. The Morgan fingerprint density at radius 1 is 1.28 bits per heavy atom. The number of nitrogens with zero attached hydrogens (tertiary/aromatic N) is 1. The molecule has 10 heteroatoms. The zero-order valence-corrected chi connectivity index (χ0v) is 18.4. The zero-order chi connectivity index (χ0) is 21.4. The number of thioether (sulfide) groups is 1. The van der Waals surface area contributed by atoms with Gasteiger partial charge in [-0.2, -0.15) is 11.8 Å². The molecule has 6 nitrogen and oxygen atoms in total. The van der Waals surface area contributed by atoms with Crippen LogP contribution in [0.2, 0.25) is 5.02 Å². The first-order valence-electron chi connectivity index (χ1n) is 8.61. The largest absolute Gasteiger partial charge is 0.495 e. The number of hydrogen-bond donors (Lipinski definition) is 1. The van der Waals surface area contributed by atoms with Crippen LogP contribution in [-0.4, -0.2) is 46.5 Å². The molecule has 0 saturated heterocycles. The maximum Gasteiger partial charge on any atom is 0.240 e. The van der Waals surface area contributed by atoms with Crippen LogP contribution in [0.3, 0.4) is 0 Å². The van der Waals surface area contributed by atoms with E-state index in [2.05, 4.69) is 5.32 Å². The number of amides is 1. The van der Waals surface area contributed by atoms with Gasteiger partial charge >= 0.3 is 0 Å². The number of nitrogens with one attached hydrogen (secondary N) is 1. The molecule has 29 heavy (non-hydrogen) atoms. The van der Waals surface area contributed by atoms with Crippen molar-refractivity contribution in [3.8, 4) is 5.75 Å². The maximum absolute atomic E-state index is 13.6. The molecule has 0 bridgehead atoms. The molecule has 0 aliphatic heterocycles. The first kappa shape index (κ1) is 23.3. The summed E-state index contributed by atoms with van der Waals surface area (Å²) < 4.78 is 43.8. The highest BCUT2D eigenvalue weighted by Crippen LogP contribution is 2.30.